The molecule has 1 atom stereocenters. The first-order chi connectivity index (χ1) is 12.2. The van der Waals surface area contributed by atoms with Crippen molar-refractivity contribution in [3.63, 3.8) is 0 Å². The van der Waals surface area contributed by atoms with E-state index in [0.717, 1.165) is 22.1 Å². The minimum absolute atomic E-state index is 0.0903. The molecule has 5 nitrogen and oxygen atoms in total. The van der Waals surface area contributed by atoms with Gasteiger partial charge in [-0.05, 0) is 30.7 Å². The molecule has 1 unspecified atom stereocenters. The van der Waals surface area contributed by atoms with Crippen molar-refractivity contribution in [3.8, 4) is 6.07 Å². The number of Topliss-reactive ketones (excluding diaryl/α,β-unsaturated/α-hetero) is 1. The number of ketones is 1. The highest BCUT2D eigenvalue weighted by molar-refractivity contribution is 5.93. The topological polar surface area (TPSA) is 80.0 Å². The molecule has 0 aliphatic heterocycles. The van der Waals surface area contributed by atoms with Crippen LogP contribution in [0.2, 0.25) is 0 Å². The maximum atomic E-state index is 12.7. The Morgan fingerprint density at radius 3 is 2.88 bits per heavy atom. The molecule has 4 rings (SSSR count). The van der Waals surface area contributed by atoms with Gasteiger partial charge < -0.3 is 8.83 Å². The van der Waals surface area contributed by atoms with Crippen LogP contribution in [0.15, 0.2) is 57.6 Å². The number of hydrogen-bond donors (Lipinski definition) is 0. The number of rotatable bonds is 4. The normalized spacial score (nSPS) is 12.3. The van der Waals surface area contributed by atoms with E-state index in [4.69, 9.17) is 8.83 Å². The molecule has 0 bridgehead atoms. The highest BCUT2D eigenvalue weighted by Gasteiger charge is 2.26. The largest absolute Gasteiger partial charge is 0.464 e. The Bertz CT molecular complexity index is 1100. The average molecular weight is 330 g/mol. The van der Waals surface area contributed by atoms with Gasteiger partial charge in [-0.15, -0.1) is 0 Å². The number of nitrogens with zero attached hydrogens (tertiary/aromatic N) is 2. The zero-order chi connectivity index (χ0) is 17.4. The Balaban J connectivity index is 1.65. The molecule has 2 heterocycles. The van der Waals surface area contributed by atoms with Crippen molar-refractivity contribution in [2.75, 3.05) is 0 Å². The first kappa shape index (κ1) is 15.2. The Hall–Kier alpha value is -3.39. The van der Waals surface area contributed by atoms with E-state index in [1.165, 1.54) is 0 Å². The molecule has 0 aliphatic rings. The van der Waals surface area contributed by atoms with Crippen molar-refractivity contribution in [3.05, 3.63) is 65.7 Å². The van der Waals surface area contributed by atoms with Gasteiger partial charge in [0, 0.05) is 17.4 Å². The average Bonchev–Trinajstić information content (AvgIpc) is 3.19. The monoisotopic (exact) mass is 330 g/mol. The summed E-state index contributed by atoms with van der Waals surface area (Å²) in [6, 6.07) is 15.0. The molecule has 25 heavy (non-hydrogen) atoms. The Morgan fingerprint density at radius 2 is 2.08 bits per heavy atom. The molecule has 0 saturated heterocycles. The lowest BCUT2D eigenvalue weighted by Crippen LogP contribution is -2.13. The van der Waals surface area contributed by atoms with Crippen molar-refractivity contribution < 1.29 is 13.6 Å². The number of benzene rings is 2. The zero-order valence-corrected chi connectivity index (χ0v) is 13.5. The van der Waals surface area contributed by atoms with E-state index in [-0.39, 0.29) is 18.1 Å². The van der Waals surface area contributed by atoms with Crippen LogP contribution in [0.5, 0.6) is 0 Å². The van der Waals surface area contributed by atoms with E-state index < -0.39 is 5.92 Å². The first-order valence-corrected chi connectivity index (χ1v) is 7.90. The molecule has 4 aromatic rings. The fourth-order valence-electron chi connectivity index (χ4n) is 2.90. The second kappa shape index (κ2) is 5.91. The molecule has 5 heteroatoms. The second-order valence-electron chi connectivity index (χ2n) is 5.99. The number of aryl methyl sites for hydroxylation is 1. The van der Waals surface area contributed by atoms with Crippen LogP contribution in [-0.2, 0) is 11.2 Å². The predicted molar refractivity (Wildman–Crippen MR) is 92.0 cm³/mol. The summed E-state index contributed by atoms with van der Waals surface area (Å²) in [5, 5.41) is 10.3. The lowest BCUT2D eigenvalue weighted by molar-refractivity contribution is -0.119. The molecule has 0 aliphatic carbocycles. The Morgan fingerprint density at radius 1 is 1.24 bits per heavy atom. The Kier molecular flexibility index (Phi) is 3.58. The number of furan rings is 1. The van der Waals surface area contributed by atoms with Crippen molar-refractivity contribution in [1.82, 2.24) is 4.98 Å². The van der Waals surface area contributed by atoms with Crippen LogP contribution >= 0.6 is 0 Å². The van der Waals surface area contributed by atoms with Crippen LogP contribution in [-0.4, -0.2) is 10.8 Å². The van der Waals surface area contributed by atoms with Gasteiger partial charge in [0.05, 0.1) is 12.3 Å². The summed E-state index contributed by atoms with van der Waals surface area (Å²) in [7, 11) is 0. The molecule has 0 spiro atoms. The van der Waals surface area contributed by atoms with Gasteiger partial charge in [0.2, 0.25) is 5.89 Å². The summed E-state index contributed by atoms with van der Waals surface area (Å²) >= 11 is 0. The molecule has 0 amide bonds. The number of aromatic nitrogens is 1. The van der Waals surface area contributed by atoms with Crippen LogP contribution < -0.4 is 0 Å². The van der Waals surface area contributed by atoms with Crippen LogP contribution in [0.25, 0.3) is 22.1 Å². The van der Waals surface area contributed by atoms with Crippen molar-refractivity contribution >= 4 is 27.9 Å². The number of carbonyl (C=O) groups excluding carboxylic acids is 1. The third-order valence-electron chi connectivity index (χ3n) is 4.18. The van der Waals surface area contributed by atoms with E-state index in [1.807, 2.05) is 43.3 Å². The van der Waals surface area contributed by atoms with E-state index in [9.17, 15) is 10.1 Å². The molecule has 0 radical (unpaired) electrons. The zero-order valence-electron chi connectivity index (χ0n) is 13.5. The van der Waals surface area contributed by atoms with Crippen LogP contribution in [0.4, 0.5) is 0 Å². The highest BCUT2D eigenvalue weighted by Crippen LogP contribution is 2.26. The molecule has 2 aromatic heterocycles. The SMILES string of the molecule is Cc1ccc2c(CC(=O)C(C#N)c3nc4ccccc4o3)coc2c1. The van der Waals surface area contributed by atoms with Gasteiger partial charge in [0.1, 0.15) is 11.1 Å². The summed E-state index contributed by atoms with van der Waals surface area (Å²) in [5.41, 5.74) is 3.78. The van der Waals surface area contributed by atoms with E-state index in [2.05, 4.69) is 4.98 Å². The summed E-state index contributed by atoms with van der Waals surface area (Å²) in [5.74, 6) is -1.17. The van der Waals surface area contributed by atoms with Gasteiger partial charge in [-0.2, -0.15) is 5.26 Å². The summed E-state index contributed by atoms with van der Waals surface area (Å²) in [4.78, 5) is 16.9. The number of fused-ring (bicyclic) bond motifs is 2. The fraction of sp³-hybridized carbons (Fsp3) is 0.150. The standard InChI is InChI=1S/C20H14N2O3/c1-12-6-7-14-13(11-24-19(14)8-12)9-17(23)15(10-21)20-22-16-4-2-3-5-18(16)25-20/h2-8,11,15H,9H2,1H3. The van der Waals surface area contributed by atoms with E-state index in [1.54, 1.807) is 18.4 Å². The number of hydrogen-bond acceptors (Lipinski definition) is 5. The van der Waals surface area contributed by atoms with Gasteiger partial charge in [0.15, 0.2) is 17.3 Å². The molecule has 0 N–H and O–H groups in total. The van der Waals surface area contributed by atoms with Crippen LogP contribution in [0.1, 0.15) is 22.9 Å². The van der Waals surface area contributed by atoms with E-state index >= 15 is 0 Å². The fourth-order valence-corrected chi connectivity index (χ4v) is 2.90. The first-order valence-electron chi connectivity index (χ1n) is 7.90. The quantitative estimate of drug-likeness (QED) is 0.557. The number of carbonyl (C=O) groups is 1. The van der Waals surface area contributed by atoms with Crippen molar-refractivity contribution in [2.45, 2.75) is 19.3 Å². The lowest BCUT2D eigenvalue weighted by atomic mass is 9.98. The minimum atomic E-state index is -1.04. The molecular weight excluding hydrogens is 316 g/mol. The summed E-state index contributed by atoms with van der Waals surface area (Å²) in [6.07, 6.45) is 1.66. The lowest BCUT2D eigenvalue weighted by Gasteiger charge is -2.03. The van der Waals surface area contributed by atoms with Gasteiger partial charge in [-0.25, -0.2) is 4.98 Å². The number of para-hydroxylation sites is 2. The second-order valence-corrected chi connectivity index (χ2v) is 5.99. The highest BCUT2D eigenvalue weighted by atomic mass is 16.3. The smallest absolute Gasteiger partial charge is 0.220 e. The van der Waals surface area contributed by atoms with Gasteiger partial charge in [-0.1, -0.05) is 24.3 Å². The summed E-state index contributed by atoms with van der Waals surface area (Å²) in [6.45, 7) is 1.98. The molecule has 0 saturated carbocycles. The molecule has 122 valence electrons. The van der Waals surface area contributed by atoms with Gasteiger partial charge in [-0.3, -0.25) is 4.79 Å². The number of nitriles is 1. The van der Waals surface area contributed by atoms with Crippen molar-refractivity contribution in [1.29, 1.82) is 5.26 Å². The van der Waals surface area contributed by atoms with Gasteiger partial charge in [0.25, 0.3) is 0 Å². The third-order valence-corrected chi connectivity index (χ3v) is 4.18. The predicted octanol–water partition coefficient (Wildman–Crippen LogP) is 4.30. The minimum Gasteiger partial charge on any atom is -0.464 e. The van der Waals surface area contributed by atoms with Crippen LogP contribution in [0.3, 0.4) is 0 Å². The molecule has 0 fully saturated rings. The number of oxazole rings is 1. The molecule has 2 aromatic carbocycles. The van der Waals surface area contributed by atoms with Crippen molar-refractivity contribution in [2.24, 2.45) is 0 Å². The molecular formula is C20H14N2O3. The Labute approximate surface area is 143 Å². The maximum absolute atomic E-state index is 12.7. The third kappa shape index (κ3) is 2.68. The summed E-state index contributed by atoms with van der Waals surface area (Å²) < 4.78 is 11.1. The van der Waals surface area contributed by atoms with E-state index in [0.29, 0.717) is 11.1 Å². The van der Waals surface area contributed by atoms with Gasteiger partial charge >= 0.3 is 0 Å². The van der Waals surface area contributed by atoms with Crippen LogP contribution in [0, 0.1) is 18.3 Å². The maximum Gasteiger partial charge on any atom is 0.220 e.